The van der Waals surface area contributed by atoms with Crippen LogP contribution in [0.15, 0.2) is 18.2 Å². The third-order valence-electron chi connectivity index (χ3n) is 2.18. The number of nitro groups is 1. The zero-order chi connectivity index (χ0) is 14.4. The number of esters is 1. The van der Waals surface area contributed by atoms with Crippen molar-refractivity contribution in [2.75, 3.05) is 0 Å². The number of hydrogen-bond acceptors (Lipinski definition) is 5. The Morgan fingerprint density at radius 2 is 2.11 bits per heavy atom. The molecular weight excluding hydrogens is 250 g/mol. The molecule has 0 unspecified atom stereocenters. The fraction of sp³-hybridized carbons (Fsp3) is 0.462. The van der Waals surface area contributed by atoms with E-state index >= 15 is 0 Å². The van der Waals surface area contributed by atoms with Gasteiger partial charge in [0, 0.05) is 6.42 Å². The van der Waals surface area contributed by atoms with E-state index < -0.39 is 10.9 Å². The second-order valence-electron chi connectivity index (χ2n) is 4.28. The zero-order valence-electron chi connectivity index (χ0n) is 11.2. The Labute approximate surface area is 111 Å². The van der Waals surface area contributed by atoms with Crippen LogP contribution in [0.3, 0.4) is 0 Å². The van der Waals surface area contributed by atoms with Crippen LogP contribution in [-0.2, 0) is 4.79 Å². The Bertz CT molecular complexity index is 470. The first-order chi connectivity index (χ1) is 8.93. The average Bonchev–Trinajstić information content (AvgIpc) is 2.30. The number of hydrogen-bond donors (Lipinski definition) is 0. The molecule has 0 saturated carbocycles. The maximum absolute atomic E-state index is 11.3. The van der Waals surface area contributed by atoms with E-state index in [4.69, 9.17) is 9.47 Å². The van der Waals surface area contributed by atoms with Crippen LogP contribution in [-0.4, -0.2) is 17.0 Å². The molecule has 0 saturated heterocycles. The zero-order valence-corrected chi connectivity index (χ0v) is 11.2. The molecule has 0 aliphatic rings. The van der Waals surface area contributed by atoms with Gasteiger partial charge < -0.3 is 9.47 Å². The number of carbonyl (C=O) groups is 1. The van der Waals surface area contributed by atoms with Gasteiger partial charge in [0.15, 0.2) is 5.75 Å². The predicted molar refractivity (Wildman–Crippen MR) is 69.4 cm³/mol. The first-order valence-electron chi connectivity index (χ1n) is 6.09. The van der Waals surface area contributed by atoms with Crippen molar-refractivity contribution >= 4 is 11.7 Å². The summed E-state index contributed by atoms with van der Waals surface area (Å²) in [7, 11) is 0. The van der Waals surface area contributed by atoms with Gasteiger partial charge in [0.25, 0.3) is 0 Å². The van der Waals surface area contributed by atoms with Crippen molar-refractivity contribution in [2.45, 2.75) is 39.7 Å². The van der Waals surface area contributed by atoms with Crippen molar-refractivity contribution in [1.82, 2.24) is 0 Å². The molecule has 0 amide bonds. The fourth-order valence-corrected chi connectivity index (χ4v) is 1.44. The lowest BCUT2D eigenvalue weighted by molar-refractivity contribution is -0.386. The van der Waals surface area contributed by atoms with Gasteiger partial charge in [-0.25, -0.2) is 0 Å². The van der Waals surface area contributed by atoms with Crippen LogP contribution in [0.5, 0.6) is 11.5 Å². The minimum atomic E-state index is -0.561. The first kappa shape index (κ1) is 14.9. The molecule has 0 heterocycles. The van der Waals surface area contributed by atoms with E-state index in [9.17, 15) is 14.9 Å². The van der Waals surface area contributed by atoms with Crippen molar-refractivity contribution in [3.8, 4) is 11.5 Å². The minimum absolute atomic E-state index is 0.154. The lowest BCUT2D eigenvalue weighted by atomic mass is 10.2. The van der Waals surface area contributed by atoms with E-state index in [1.807, 2.05) is 6.92 Å². The number of nitro benzene ring substituents is 1. The molecule has 0 atom stereocenters. The number of carbonyl (C=O) groups excluding carboxylic acids is 1. The minimum Gasteiger partial charge on any atom is -0.484 e. The van der Waals surface area contributed by atoms with Crippen LogP contribution in [0.25, 0.3) is 0 Å². The Hall–Kier alpha value is -2.11. The van der Waals surface area contributed by atoms with Gasteiger partial charge in [-0.3, -0.25) is 14.9 Å². The van der Waals surface area contributed by atoms with Crippen molar-refractivity contribution in [3.05, 3.63) is 28.3 Å². The van der Waals surface area contributed by atoms with Crippen LogP contribution in [0, 0.1) is 10.1 Å². The van der Waals surface area contributed by atoms with Gasteiger partial charge in [0.05, 0.1) is 17.1 Å². The van der Waals surface area contributed by atoms with Gasteiger partial charge in [0.1, 0.15) is 5.75 Å². The van der Waals surface area contributed by atoms with Crippen molar-refractivity contribution < 1.29 is 19.2 Å². The van der Waals surface area contributed by atoms with Gasteiger partial charge in [-0.15, -0.1) is 0 Å². The number of nitrogens with zero attached hydrogens (tertiary/aromatic N) is 1. The van der Waals surface area contributed by atoms with Gasteiger partial charge in [-0.1, -0.05) is 6.92 Å². The van der Waals surface area contributed by atoms with Gasteiger partial charge in [-0.2, -0.15) is 0 Å². The molecule has 104 valence electrons. The number of benzene rings is 1. The quantitative estimate of drug-likeness (QED) is 0.342. The summed E-state index contributed by atoms with van der Waals surface area (Å²) in [6.45, 7) is 5.40. The normalized spacial score (nSPS) is 10.3. The maximum atomic E-state index is 11.3. The van der Waals surface area contributed by atoms with Gasteiger partial charge >= 0.3 is 11.7 Å². The van der Waals surface area contributed by atoms with Crippen molar-refractivity contribution in [1.29, 1.82) is 0 Å². The highest BCUT2D eigenvalue weighted by Crippen LogP contribution is 2.32. The molecule has 1 aromatic carbocycles. The third kappa shape index (κ3) is 4.57. The molecule has 0 aliphatic carbocycles. The molecule has 19 heavy (non-hydrogen) atoms. The van der Waals surface area contributed by atoms with Crippen molar-refractivity contribution in [2.24, 2.45) is 0 Å². The summed E-state index contributed by atoms with van der Waals surface area (Å²) in [6, 6.07) is 4.12. The SMILES string of the molecule is CCCC(=O)Oc1ccc(OC(C)C)c([N+](=O)[O-])c1. The molecule has 0 N–H and O–H groups in total. The molecule has 0 bridgehead atoms. The fourth-order valence-electron chi connectivity index (χ4n) is 1.44. The van der Waals surface area contributed by atoms with Crippen LogP contribution >= 0.6 is 0 Å². The van der Waals surface area contributed by atoms with Crippen molar-refractivity contribution in [3.63, 3.8) is 0 Å². The first-order valence-corrected chi connectivity index (χ1v) is 6.09. The molecule has 0 radical (unpaired) electrons. The molecule has 0 spiro atoms. The lowest BCUT2D eigenvalue weighted by Gasteiger charge is -2.10. The molecule has 1 aromatic rings. The molecule has 0 fully saturated rings. The van der Waals surface area contributed by atoms with E-state index in [1.165, 1.54) is 18.2 Å². The molecule has 0 aliphatic heterocycles. The highest BCUT2D eigenvalue weighted by atomic mass is 16.6. The number of ether oxygens (including phenoxy) is 2. The number of rotatable bonds is 6. The van der Waals surface area contributed by atoms with Crippen LogP contribution in [0.2, 0.25) is 0 Å². The summed E-state index contributed by atoms with van der Waals surface area (Å²) in [6.07, 6.45) is 0.764. The molecule has 1 rings (SSSR count). The maximum Gasteiger partial charge on any atom is 0.314 e. The summed E-state index contributed by atoms with van der Waals surface area (Å²) in [4.78, 5) is 21.7. The standard InChI is InChI=1S/C13H17NO5/c1-4-5-13(15)19-10-6-7-12(18-9(2)3)11(8-10)14(16)17/h6-9H,4-5H2,1-3H3. The Balaban J connectivity index is 2.96. The second kappa shape index (κ2) is 6.72. The average molecular weight is 267 g/mol. The van der Waals surface area contributed by atoms with E-state index in [1.54, 1.807) is 13.8 Å². The monoisotopic (exact) mass is 267 g/mol. The Morgan fingerprint density at radius 3 is 2.63 bits per heavy atom. The van der Waals surface area contributed by atoms with Gasteiger partial charge in [-0.05, 0) is 32.4 Å². The summed E-state index contributed by atoms with van der Waals surface area (Å²) in [5, 5.41) is 11.0. The smallest absolute Gasteiger partial charge is 0.314 e. The summed E-state index contributed by atoms with van der Waals surface area (Å²) in [5.41, 5.74) is -0.213. The topological polar surface area (TPSA) is 78.7 Å². The highest BCUT2D eigenvalue weighted by Gasteiger charge is 2.18. The summed E-state index contributed by atoms with van der Waals surface area (Å²) >= 11 is 0. The van der Waals surface area contributed by atoms with Gasteiger partial charge in [0.2, 0.25) is 0 Å². The van der Waals surface area contributed by atoms with Crippen LogP contribution < -0.4 is 9.47 Å². The molecular formula is C13H17NO5. The van der Waals surface area contributed by atoms with E-state index in [2.05, 4.69) is 0 Å². The summed E-state index contributed by atoms with van der Waals surface area (Å²) in [5.74, 6) is -0.0918. The van der Waals surface area contributed by atoms with E-state index in [-0.39, 0.29) is 29.7 Å². The largest absolute Gasteiger partial charge is 0.484 e. The Kier molecular flexibility index (Phi) is 5.29. The van der Waals surface area contributed by atoms with Crippen LogP contribution in [0.1, 0.15) is 33.6 Å². The van der Waals surface area contributed by atoms with Crippen LogP contribution in [0.4, 0.5) is 5.69 Å². The lowest BCUT2D eigenvalue weighted by Crippen LogP contribution is -2.09. The second-order valence-corrected chi connectivity index (χ2v) is 4.28. The third-order valence-corrected chi connectivity index (χ3v) is 2.18. The molecule has 6 nitrogen and oxygen atoms in total. The highest BCUT2D eigenvalue weighted by molar-refractivity contribution is 5.72. The Morgan fingerprint density at radius 1 is 1.42 bits per heavy atom. The molecule has 6 heteroatoms. The molecule has 0 aromatic heterocycles. The van der Waals surface area contributed by atoms with E-state index in [0.29, 0.717) is 6.42 Å². The summed E-state index contributed by atoms with van der Waals surface area (Å²) < 4.78 is 10.3. The predicted octanol–water partition coefficient (Wildman–Crippen LogP) is 3.09. The van der Waals surface area contributed by atoms with E-state index in [0.717, 1.165) is 0 Å².